The molecule has 2 aliphatic heterocycles. The first-order chi connectivity index (χ1) is 14.3. The van der Waals surface area contributed by atoms with Crippen LogP contribution in [0.1, 0.15) is 53.6 Å². The molecule has 0 spiro atoms. The van der Waals surface area contributed by atoms with Gasteiger partial charge >= 0.3 is 0 Å². The molecular formula is C20H24N6O2S. The summed E-state index contributed by atoms with van der Waals surface area (Å²) in [5.41, 5.74) is 1.38. The topological polar surface area (TPSA) is 97.7 Å². The van der Waals surface area contributed by atoms with E-state index in [2.05, 4.69) is 30.3 Å². The van der Waals surface area contributed by atoms with Crippen LogP contribution in [0.5, 0.6) is 0 Å². The van der Waals surface area contributed by atoms with Crippen molar-refractivity contribution in [1.29, 1.82) is 0 Å². The van der Waals surface area contributed by atoms with Gasteiger partial charge in [-0.1, -0.05) is 6.07 Å². The van der Waals surface area contributed by atoms with Gasteiger partial charge in [0.2, 0.25) is 0 Å². The molecule has 1 unspecified atom stereocenters. The lowest BCUT2D eigenvalue weighted by molar-refractivity contribution is 0.0826. The highest BCUT2D eigenvalue weighted by Crippen LogP contribution is 2.29. The van der Waals surface area contributed by atoms with Crippen LogP contribution in [0.4, 0.5) is 0 Å². The highest BCUT2D eigenvalue weighted by Gasteiger charge is 2.27. The Bertz CT molecular complexity index is 973. The van der Waals surface area contributed by atoms with Gasteiger partial charge in [-0.2, -0.15) is 5.10 Å². The van der Waals surface area contributed by atoms with Gasteiger partial charge in [0.25, 0.3) is 5.91 Å². The van der Waals surface area contributed by atoms with Gasteiger partial charge in [-0.3, -0.25) is 9.89 Å². The first-order valence-corrected chi connectivity index (χ1v) is 11.1. The number of aromatic nitrogens is 5. The molecule has 9 heteroatoms. The molecule has 2 aliphatic rings. The predicted molar refractivity (Wildman–Crippen MR) is 109 cm³/mol. The molecule has 5 rings (SSSR count). The number of thiophene rings is 1. The van der Waals surface area contributed by atoms with E-state index in [0.29, 0.717) is 11.5 Å². The Morgan fingerprint density at radius 2 is 2.14 bits per heavy atom. The molecule has 0 saturated carbocycles. The summed E-state index contributed by atoms with van der Waals surface area (Å²) in [4.78, 5) is 13.9. The second-order valence-electron chi connectivity index (χ2n) is 7.65. The normalized spacial score (nSPS) is 20.2. The second-order valence-corrected chi connectivity index (χ2v) is 8.59. The zero-order valence-corrected chi connectivity index (χ0v) is 17.0. The molecule has 0 bridgehead atoms. The maximum atomic E-state index is 12.9. The molecule has 1 fully saturated rings. The number of nitrogens with zero attached hydrogens (tertiary/aromatic N) is 4. The van der Waals surface area contributed by atoms with Gasteiger partial charge in [0.05, 0.1) is 22.3 Å². The van der Waals surface area contributed by atoms with Crippen molar-refractivity contribution in [2.75, 3.05) is 13.2 Å². The van der Waals surface area contributed by atoms with Crippen LogP contribution in [-0.4, -0.2) is 50.1 Å². The fourth-order valence-electron chi connectivity index (χ4n) is 4.24. The number of carbonyl (C=O) groups is 1. The van der Waals surface area contributed by atoms with Crippen LogP contribution in [0.15, 0.2) is 23.7 Å². The van der Waals surface area contributed by atoms with Crippen molar-refractivity contribution < 1.29 is 9.53 Å². The summed E-state index contributed by atoms with van der Waals surface area (Å²) in [7, 11) is 0. The Morgan fingerprint density at radius 1 is 1.24 bits per heavy atom. The average Bonchev–Trinajstić information content (AvgIpc) is 3.49. The largest absolute Gasteiger partial charge is 0.381 e. The molecule has 5 heterocycles. The van der Waals surface area contributed by atoms with Gasteiger partial charge in [0.15, 0.2) is 0 Å². The number of rotatable bonds is 4. The van der Waals surface area contributed by atoms with E-state index >= 15 is 0 Å². The van der Waals surface area contributed by atoms with Crippen LogP contribution in [0, 0.1) is 0 Å². The molecule has 2 N–H and O–H groups in total. The molecule has 0 aliphatic carbocycles. The summed E-state index contributed by atoms with van der Waals surface area (Å²) >= 11 is 1.59. The van der Waals surface area contributed by atoms with E-state index in [-0.39, 0.29) is 11.9 Å². The third-order valence-corrected chi connectivity index (χ3v) is 6.73. The van der Waals surface area contributed by atoms with Gasteiger partial charge in [0, 0.05) is 38.1 Å². The third kappa shape index (κ3) is 3.72. The minimum absolute atomic E-state index is 0.0746. The molecule has 3 aromatic heterocycles. The van der Waals surface area contributed by atoms with Gasteiger partial charge in [-0.15, -0.1) is 21.5 Å². The molecule has 0 radical (unpaired) electrons. The van der Waals surface area contributed by atoms with Gasteiger partial charge in [-0.05, 0) is 37.1 Å². The van der Waals surface area contributed by atoms with Crippen LogP contribution in [0.25, 0.3) is 10.6 Å². The lowest BCUT2D eigenvalue weighted by Crippen LogP contribution is -2.35. The van der Waals surface area contributed by atoms with E-state index in [1.165, 1.54) is 0 Å². The summed E-state index contributed by atoms with van der Waals surface area (Å²) in [5.74, 6) is 2.47. The molecule has 1 atom stereocenters. The van der Waals surface area contributed by atoms with Crippen LogP contribution < -0.4 is 5.32 Å². The summed E-state index contributed by atoms with van der Waals surface area (Å²) < 4.78 is 7.76. The minimum atomic E-state index is -0.0746. The highest BCUT2D eigenvalue weighted by atomic mass is 32.1. The molecular weight excluding hydrogens is 388 g/mol. The summed E-state index contributed by atoms with van der Waals surface area (Å²) in [5, 5.41) is 21.2. The zero-order chi connectivity index (χ0) is 19.6. The fourth-order valence-corrected chi connectivity index (χ4v) is 4.98. The lowest BCUT2D eigenvalue weighted by Gasteiger charge is -2.22. The first kappa shape index (κ1) is 18.5. The van der Waals surface area contributed by atoms with E-state index < -0.39 is 0 Å². The Balaban J connectivity index is 1.27. The van der Waals surface area contributed by atoms with E-state index in [0.717, 1.165) is 74.1 Å². The van der Waals surface area contributed by atoms with Gasteiger partial charge in [0.1, 0.15) is 11.6 Å². The number of nitrogens with one attached hydrogen (secondary N) is 2. The monoisotopic (exact) mass is 412 g/mol. The van der Waals surface area contributed by atoms with E-state index in [1.54, 1.807) is 17.5 Å². The number of amides is 1. The quantitative estimate of drug-likeness (QED) is 0.687. The number of carbonyl (C=O) groups excluding carboxylic acids is 1. The van der Waals surface area contributed by atoms with Crippen LogP contribution in [0.2, 0.25) is 0 Å². The molecule has 29 heavy (non-hydrogen) atoms. The van der Waals surface area contributed by atoms with E-state index in [4.69, 9.17) is 4.74 Å². The zero-order valence-electron chi connectivity index (χ0n) is 16.1. The Morgan fingerprint density at radius 3 is 2.97 bits per heavy atom. The number of hydrogen-bond donors (Lipinski definition) is 2. The van der Waals surface area contributed by atoms with Crippen LogP contribution >= 0.6 is 11.3 Å². The SMILES string of the molecule is O=C(NC1CCc2nnc(C3CCOCC3)n2CC1)c1cn[nH]c1-c1cccs1. The van der Waals surface area contributed by atoms with Crippen molar-refractivity contribution in [2.45, 2.75) is 50.6 Å². The number of aromatic amines is 1. The maximum absolute atomic E-state index is 12.9. The summed E-state index contributed by atoms with van der Waals surface area (Å²) in [6, 6.07) is 4.07. The van der Waals surface area contributed by atoms with Crippen molar-refractivity contribution in [3.8, 4) is 10.6 Å². The molecule has 0 aromatic carbocycles. The standard InChI is InChI=1S/C20H24N6O2S/c27-20(15-12-21-24-18(15)16-2-1-11-29-16)22-14-3-4-17-23-25-19(26(17)8-5-14)13-6-9-28-10-7-13/h1-2,11-14H,3-10H2,(H,21,24)(H,22,27). The Kier molecular flexibility index (Phi) is 5.15. The van der Waals surface area contributed by atoms with Crippen molar-refractivity contribution in [2.24, 2.45) is 0 Å². The van der Waals surface area contributed by atoms with Crippen molar-refractivity contribution in [3.63, 3.8) is 0 Å². The Labute approximate surface area is 172 Å². The lowest BCUT2D eigenvalue weighted by atomic mass is 9.99. The summed E-state index contributed by atoms with van der Waals surface area (Å²) in [6.45, 7) is 2.43. The van der Waals surface area contributed by atoms with Crippen molar-refractivity contribution >= 4 is 17.2 Å². The number of ether oxygens (including phenoxy) is 1. The fraction of sp³-hybridized carbons (Fsp3) is 0.500. The first-order valence-electron chi connectivity index (χ1n) is 10.2. The molecule has 1 amide bonds. The number of H-pyrrole nitrogens is 1. The highest BCUT2D eigenvalue weighted by molar-refractivity contribution is 7.13. The average molecular weight is 413 g/mol. The number of aryl methyl sites for hydroxylation is 1. The predicted octanol–water partition coefficient (Wildman–Crippen LogP) is 2.76. The minimum Gasteiger partial charge on any atom is -0.381 e. The van der Waals surface area contributed by atoms with Crippen LogP contribution in [0.3, 0.4) is 0 Å². The van der Waals surface area contributed by atoms with E-state index in [9.17, 15) is 4.79 Å². The van der Waals surface area contributed by atoms with Gasteiger partial charge < -0.3 is 14.6 Å². The molecule has 8 nitrogen and oxygen atoms in total. The van der Waals surface area contributed by atoms with Crippen molar-refractivity contribution in [3.05, 3.63) is 40.9 Å². The molecule has 3 aromatic rings. The second kappa shape index (κ2) is 8.08. The maximum Gasteiger partial charge on any atom is 0.255 e. The van der Waals surface area contributed by atoms with Crippen molar-refractivity contribution in [1.82, 2.24) is 30.3 Å². The third-order valence-electron chi connectivity index (χ3n) is 5.85. The molecule has 1 saturated heterocycles. The number of fused-ring (bicyclic) bond motifs is 1. The van der Waals surface area contributed by atoms with E-state index in [1.807, 2.05) is 17.5 Å². The Hall–Kier alpha value is -2.52. The van der Waals surface area contributed by atoms with Crippen LogP contribution in [-0.2, 0) is 17.7 Å². The smallest absolute Gasteiger partial charge is 0.255 e. The molecule has 152 valence electrons. The summed E-state index contributed by atoms with van der Waals surface area (Å²) in [6.07, 6.45) is 6.18. The number of hydrogen-bond acceptors (Lipinski definition) is 6. The van der Waals surface area contributed by atoms with Gasteiger partial charge in [-0.25, -0.2) is 0 Å².